The van der Waals surface area contributed by atoms with E-state index in [1.807, 2.05) is 37.3 Å². The normalized spacial score (nSPS) is 19.6. The number of thioether (sulfide) groups is 1. The third-order valence-corrected chi connectivity index (χ3v) is 4.57. The molecule has 0 aliphatic carbocycles. The van der Waals surface area contributed by atoms with Crippen molar-refractivity contribution in [3.8, 4) is 5.75 Å². The summed E-state index contributed by atoms with van der Waals surface area (Å²) in [6, 6.07) is 12.2. The molecule has 5 heteroatoms. The number of carbonyl (C=O) groups excluding carboxylic acids is 1. The van der Waals surface area contributed by atoms with Crippen LogP contribution in [0.1, 0.15) is 12.5 Å². The van der Waals surface area contributed by atoms with Crippen LogP contribution in [-0.4, -0.2) is 24.4 Å². The molecule has 1 unspecified atom stereocenters. The van der Waals surface area contributed by atoms with E-state index < -0.39 is 0 Å². The van der Waals surface area contributed by atoms with E-state index in [2.05, 4.69) is 17.5 Å². The first-order chi connectivity index (χ1) is 10.7. The average molecular weight is 314 g/mol. The minimum atomic E-state index is 0.00551. The van der Waals surface area contributed by atoms with Crippen LogP contribution in [0.2, 0.25) is 0 Å². The minimum absolute atomic E-state index is 0.00551. The zero-order valence-electron chi connectivity index (χ0n) is 12.3. The summed E-state index contributed by atoms with van der Waals surface area (Å²) in [5.41, 5.74) is 6.60. The standard InChI is InChI=1S/C17H18N2O2S/c1-11-16(22-17(20)19-11)10-12-6-7-15(21-9-8-18)14-5-3-2-4-13(12)14/h2-7,10-11H,8-9,18H2,1H3,(H,19,20)/b16-10-. The van der Waals surface area contributed by atoms with Crippen molar-refractivity contribution in [1.29, 1.82) is 0 Å². The number of hydrogen-bond donors (Lipinski definition) is 2. The van der Waals surface area contributed by atoms with E-state index in [9.17, 15) is 4.79 Å². The fourth-order valence-corrected chi connectivity index (χ4v) is 3.37. The fourth-order valence-electron chi connectivity index (χ4n) is 2.50. The number of ether oxygens (including phenoxy) is 1. The third-order valence-electron chi connectivity index (χ3n) is 3.56. The van der Waals surface area contributed by atoms with Gasteiger partial charge in [0.05, 0.1) is 6.04 Å². The predicted molar refractivity (Wildman–Crippen MR) is 92.1 cm³/mol. The topological polar surface area (TPSA) is 64.3 Å². The summed E-state index contributed by atoms with van der Waals surface area (Å²) >= 11 is 1.26. The molecule has 1 fully saturated rings. The molecule has 114 valence electrons. The highest BCUT2D eigenvalue weighted by molar-refractivity contribution is 8.17. The molecule has 1 aliphatic heterocycles. The zero-order chi connectivity index (χ0) is 15.5. The molecule has 2 aromatic carbocycles. The number of fused-ring (bicyclic) bond motifs is 1. The van der Waals surface area contributed by atoms with E-state index >= 15 is 0 Å². The Morgan fingerprint density at radius 2 is 2.05 bits per heavy atom. The van der Waals surface area contributed by atoms with Gasteiger partial charge in [0, 0.05) is 16.8 Å². The van der Waals surface area contributed by atoms with Gasteiger partial charge in [0.1, 0.15) is 12.4 Å². The molecule has 0 aromatic heterocycles. The molecular formula is C17H18N2O2S. The molecule has 3 N–H and O–H groups in total. The lowest BCUT2D eigenvalue weighted by molar-refractivity contribution is 0.261. The Morgan fingerprint density at radius 1 is 1.27 bits per heavy atom. The number of hydrogen-bond acceptors (Lipinski definition) is 4. The zero-order valence-corrected chi connectivity index (χ0v) is 13.2. The Bertz CT molecular complexity index is 743. The highest BCUT2D eigenvalue weighted by Gasteiger charge is 2.23. The molecular weight excluding hydrogens is 296 g/mol. The molecule has 1 aliphatic rings. The van der Waals surface area contributed by atoms with Crippen molar-refractivity contribution < 1.29 is 9.53 Å². The van der Waals surface area contributed by atoms with Crippen molar-refractivity contribution in [2.75, 3.05) is 13.2 Å². The third kappa shape index (κ3) is 2.96. The first kappa shape index (κ1) is 14.9. The monoisotopic (exact) mass is 314 g/mol. The fraction of sp³-hybridized carbons (Fsp3) is 0.235. The molecule has 1 amide bonds. The van der Waals surface area contributed by atoms with Crippen LogP contribution in [0, 0.1) is 0 Å². The molecule has 0 saturated carbocycles. The summed E-state index contributed by atoms with van der Waals surface area (Å²) in [5.74, 6) is 0.838. The van der Waals surface area contributed by atoms with Crippen LogP contribution in [0.5, 0.6) is 5.75 Å². The van der Waals surface area contributed by atoms with Crippen molar-refractivity contribution in [1.82, 2.24) is 5.32 Å². The Morgan fingerprint density at radius 3 is 2.73 bits per heavy atom. The molecule has 4 nitrogen and oxygen atoms in total. The smallest absolute Gasteiger partial charge is 0.284 e. The highest BCUT2D eigenvalue weighted by atomic mass is 32.2. The summed E-state index contributed by atoms with van der Waals surface area (Å²) in [6.45, 7) is 2.97. The van der Waals surface area contributed by atoms with E-state index in [1.165, 1.54) is 11.8 Å². The quantitative estimate of drug-likeness (QED) is 0.908. The Kier molecular flexibility index (Phi) is 4.36. The van der Waals surface area contributed by atoms with Crippen molar-refractivity contribution in [3.05, 3.63) is 46.9 Å². The van der Waals surface area contributed by atoms with Crippen molar-refractivity contribution in [2.24, 2.45) is 5.73 Å². The van der Waals surface area contributed by atoms with Crippen LogP contribution in [0.4, 0.5) is 4.79 Å². The summed E-state index contributed by atoms with van der Waals surface area (Å²) in [7, 11) is 0. The maximum atomic E-state index is 11.5. The van der Waals surface area contributed by atoms with Crippen LogP contribution >= 0.6 is 11.8 Å². The van der Waals surface area contributed by atoms with Gasteiger partial charge >= 0.3 is 0 Å². The largest absolute Gasteiger partial charge is 0.492 e. The van der Waals surface area contributed by atoms with Crippen LogP contribution in [0.25, 0.3) is 16.8 Å². The van der Waals surface area contributed by atoms with Gasteiger partial charge in [-0.3, -0.25) is 4.79 Å². The Balaban J connectivity index is 2.04. The molecule has 1 atom stereocenters. The molecule has 0 bridgehead atoms. The van der Waals surface area contributed by atoms with E-state index in [0.29, 0.717) is 13.2 Å². The van der Waals surface area contributed by atoms with E-state index in [1.54, 1.807) is 0 Å². The number of carbonyl (C=O) groups is 1. The van der Waals surface area contributed by atoms with Gasteiger partial charge < -0.3 is 15.8 Å². The minimum Gasteiger partial charge on any atom is -0.492 e. The van der Waals surface area contributed by atoms with Gasteiger partial charge in [-0.25, -0.2) is 0 Å². The second-order valence-corrected chi connectivity index (χ2v) is 6.18. The molecule has 3 rings (SSSR count). The van der Waals surface area contributed by atoms with Crippen molar-refractivity contribution >= 4 is 33.8 Å². The lowest BCUT2D eigenvalue weighted by Gasteiger charge is -2.11. The second-order valence-electron chi connectivity index (χ2n) is 5.14. The maximum Gasteiger partial charge on any atom is 0.284 e. The number of amides is 1. The van der Waals surface area contributed by atoms with E-state index in [4.69, 9.17) is 10.5 Å². The first-order valence-corrected chi connectivity index (χ1v) is 8.05. The lowest BCUT2D eigenvalue weighted by Crippen LogP contribution is -2.21. The Labute approximate surface area is 133 Å². The number of nitrogens with one attached hydrogen (secondary N) is 1. The molecule has 1 saturated heterocycles. The summed E-state index contributed by atoms with van der Waals surface area (Å²) in [4.78, 5) is 12.5. The van der Waals surface area contributed by atoms with E-state index in [-0.39, 0.29) is 11.3 Å². The molecule has 0 spiro atoms. The lowest BCUT2D eigenvalue weighted by atomic mass is 10.0. The van der Waals surface area contributed by atoms with Gasteiger partial charge in [0.2, 0.25) is 0 Å². The van der Waals surface area contributed by atoms with Crippen LogP contribution < -0.4 is 15.8 Å². The molecule has 0 radical (unpaired) electrons. The van der Waals surface area contributed by atoms with E-state index in [0.717, 1.165) is 27.0 Å². The van der Waals surface area contributed by atoms with Gasteiger partial charge in [0.25, 0.3) is 5.24 Å². The number of benzene rings is 2. The average Bonchev–Trinajstić information content (AvgIpc) is 2.84. The Hall–Kier alpha value is -1.98. The number of nitrogens with two attached hydrogens (primary N) is 1. The number of rotatable bonds is 4. The molecule has 22 heavy (non-hydrogen) atoms. The molecule has 1 heterocycles. The van der Waals surface area contributed by atoms with Gasteiger partial charge in [-0.05, 0) is 41.8 Å². The summed E-state index contributed by atoms with van der Waals surface area (Å²) in [5, 5.41) is 5.06. The summed E-state index contributed by atoms with van der Waals surface area (Å²) < 4.78 is 5.71. The van der Waals surface area contributed by atoms with Gasteiger partial charge in [-0.15, -0.1) is 0 Å². The maximum absolute atomic E-state index is 11.5. The van der Waals surface area contributed by atoms with Gasteiger partial charge in [-0.2, -0.15) is 0 Å². The van der Waals surface area contributed by atoms with Crippen LogP contribution in [0.15, 0.2) is 41.3 Å². The predicted octanol–water partition coefficient (Wildman–Crippen LogP) is 3.36. The van der Waals surface area contributed by atoms with Crippen molar-refractivity contribution in [2.45, 2.75) is 13.0 Å². The molecule has 2 aromatic rings. The van der Waals surface area contributed by atoms with Gasteiger partial charge in [-0.1, -0.05) is 30.3 Å². The van der Waals surface area contributed by atoms with Crippen LogP contribution in [-0.2, 0) is 0 Å². The van der Waals surface area contributed by atoms with Crippen LogP contribution in [0.3, 0.4) is 0 Å². The van der Waals surface area contributed by atoms with Crippen molar-refractivity contribution in [3.63, 3.8) is 0 Å². The SMILES string of the molecule is CC1NC(=O)S/C1=C\c1ccc(OCCN)c2ccccc12. The first-order valence-electron chi connectivity index (χ1n) is 7.23. The second kappa shape index (κ2) is 6.42. The summed E-state index contributed by atoms with van der Waals surface area (Å²) in [6.07, 6.45) is 2.07. The van der Waals surface area contributed by atoms with Gasteiger partial charge in [0.15, 0.2) is 0 Å². The highest BCUT2D eigenvalue weighted by Crippen LogP contribution is 2.34.